The molecule has 0 saturated heterocycles. The first kappa shape index (κ1) is 15.8. The molecule has 3 amide bonds. The van der Waals surface area contributed by atoms with Crippen molar-refractivity contribution in [3.63, 3.8) is 0 Å². The van der Waals surface area contributed by atoms with Gasteiger partial charge in [-0.3, -0.25) is 10.1 Å². The number of urea groups is 1. The Labute approximate surface area is 125 Å². The van der Waals surface area contributed by atoms with Crippen molar-refractivity contribution < 1.29 is 9.59 Å². The van der Waals surface area contributed by atoms with Crippen LogP contribution in [0, 0.1) is 0 Å². The quantitative estimate of drug-likeness (QED) is 0.766. The zero-order valence-corrected chi connectivity index (χ0v) is 12.8. The second kappa shape index (κ2) is 8.01. The highest BCUT2D eigenvalue weighted by Crippen LogP contribution is 2.25. The molecule has 5 nitrogen and oxygen atoms in total. The van der Waals surface area contributed by atoms with E-state index >= 15 is 0 Å². The van der Waals surface area contributed by atoms with Gasteiger partial charge in [-0.25, -0.2) is 4.79 Å². The van der Waals surface area contributed by atoms with Crippen LogP contribution >= 0.6 is 27.5 Å². The summed E-state index contributed by atoms with van der Waals surface area (Å²) < 4.78 is 0.853. The summed E-state index contributed by atoms with van der Waals surface area (Å²) >= 11 is 9.27. The Balaban J connectivity index is 2.39. The summed E-state index contributed by atoms with van der Waals surface area (Å²) in [6, 6.07) is 4.78. The molecule has 0 spiro atoms. The first-order valence-electron chi connectivity index (χ1n) is 5.79. The third-order valence-corrected chi connectivity index (χ3v) is 2.96. The van der Waals surface area contributed by atoms with Crippen molar-refractivity contribution in [2.24, 2.45) is 0 Å². The van der Waals surface area contributed by atoms with Crippen LogP contribution < -0.4 is 16.0 Å². The van der Waals surface area contributed by atoms with Crippen molar-refractivity contribution in [2.75, 3.05) is 18.4 Å². The van der Waals surface area contributed by atoms with Gasteiger partial charge >= 0.3 is 6.03 Å². The lowest BCUT2D eigenvalue weighted by molar-refractivity contribution is -0.118. The lowest BCUT2D eigenvalue weighted by Gasteiger charge is -2.09. The molecule has 104 valence electrons. The van der Waals surface area contributed by atoms with Crippen LogP contribution in [0.3, 0.4) is 0 Å². The average molecular weight is 349 g/mol. The van der Waals surface area contributed by atoms with E-state index in [1.54, 1.807) is 18.2 Å². The SMILES string of the molecule is CCCNC(=O)NC(=O)CNc1ccc(Br)cc1Cl. The molecular weight excluding hydrogens is 334 g/mol. The van der Waals surface area contributed by atoms with Gasteiger partial charge < -0.3 is 10.6 Å². The topological polar surface area (TPSA) is 70.2 Å². The molecule has 0 aliphatic carbocycles. The van der Waals surface area contributed by atoms with Gasteiger partial charge in [-0.15, -0.1) is 0 Å². The molecule has 0 saturated carbocycles. The molecular formula is C12H15BrClN3O2. The number of hydrogen-bond acceptors (Lipinski definition) is 3. The van der Waals surface area contributed by atoms with E-state index < -0.39 is 11.9 Å². The molecule has 0 radical (unpaired) electrons. The van der Waals surface area contributed by atoms with Crippen LogP contribution in [0.1, 0.15) is 13.3 Å². The van der Waals surface area contributed by atoms with E-state index in [4.69, 9.17) is 11.6 Å². The van der Waals surface area contributed by atoms with Gasteiger partial charge in [-0.1, -0.05) is 34.5 Å². The first-order chi connectivity index (χ1) is 9.02. The van der Waals surface area contributed by atoms with Crippen molar-refractivity contribution >= 4 is 45.2 Å². The van der Waals surface area contributed by atoms with Gasteiger partial charge in [0.2, 0.25) is 5.91 Å². The number of hydrogen-bond donors (Lipinski definition) is 3. The van der Waals surface area contributed by atoms with Gasteiger partial charge in [0.1, 0.15) is 0 Å². The first-order valence-corrected chi connectivity index (χ1v) is 6.96. The molecule has 1 aromatic rings. The summed E-state index contributed by atoms with van der Waals surface area (Å²) in [6.07, 6.45) is 0.814. The second-order valence-corrected chi connectivity index (χ2v) is 5.10. The summed E-state index contributed by atoms with van der Waals surface area (Å²) in [4.78, 5) is 22.7. The molecule has 0 aliphatic heterocycles. The number of carbonyl (C=O) groups excluding carboxylic acids is 2. The Hall–Kier alpha value is -1.27. The fraction of sp³-hybridized carbons (Fsp3) is 0.333. The predicted octanol–water partition coefficient (Wildman–Crippen LogP) is 2.75. The third kappa shape index (κ3) is 5.94. The number of imide groups is 1. The van der Waals surface area contributed by atoms with Gasteiger partial charge in [0.05, 0.1) is 17.3 Å². The summed E-state index contributed by atoms with van der Waals surface area (Å²) in [7, 11) is 0. The van der Waals surface area contributed by atoms with Crippen LogP contribution in [-0.4, -0.2) is 25.0 Å². The summed E-state index contributed by atoms with van der Waals surface area (Å²) in [5.41, 5.74) is 0.633. The van der Waals surface area contributed by atoms with E-state index in [0.717, 1.165) is 10.9 Å². The Kier molecular flexibility index (Phi) is 6.66. The van der Waals surface area contributed by atoms with E-state index in [2.05, 4.69) is 31.9 Å². The third-order valence-electron chi connectivity index (χ3n) is 2.16. The smallest absolute Gasteiger partial charge is 0.321 e. The molecule has 7 heteroatoms. The van der Waals surface area contributed by atoms with Crippen LogP contribution in [0.5, 0.6) is 0 Å². The van der Waals surface area contributed by atoms with E-state index in [9.17, 15) is 9.59 Å². The average Bonchev–Trinajstić information content (AvgIpc) is 2.35. The van der Waals surface area contributed by atoms with Gasteiger partial charge in [-0.05, 0) is 24.6 Å². The Bertz CT molecular complexity index is 468. The number of carbonyl (C=O) groups is 2. The molecule has 0 aliphatic rings. The number of halogens is 2. The lowest BCUT2D eigenvalue weighted by atomic mass is 10.3. The summed E-state index contributed by atoms with van der Waals surface area (Å²) in [5, 5.41) is 8.12. The standard InChI is InChI=1S/C12H15BrClN3O2/c1-2-5-15-12(19)17-11(18)7-16-10-4-3-8(13)6-9(10)14/h3-4,6,16H,2,5,7H2,1H3,(H2,15,17,18,19). The minimum absolute atomic E-state index is 0.0269. The van der Waals surface area contributed by atoms with Gasteiger partial charge in [0.15, 0.2) is 0 Å². The van der Waals surface area contributed by atoms with Gasteiger partial charge in [0.25, 0.3) is 0 Å². The summed E-state index contributed by atoms with van der Waals surface area (Å²) in [5.74, 6) is -0.424. The fourth-order valence-electron chi connectivity index (χ4n) is 1.26. The molecule has 1 aromatic carbocycles. The number of benzene rings is 1. The second-order valence-electron chi connectivity index (χ2n) is 3.78. The van der Waals surface area contributed by atoms with Crippen molar-refractivity contribution in [2.45, 2.75) is 13.3 Å². The maximum atomic E-state index is 11.5. The maximum Gasteiger partial charge on any atom is 0.321 e. The normalized spacial score (nSPS) is 9.84. The highest BCUT2D eigenvalue weighted by molar-refractivity contribution is 9.10. The summed E-state index contributed by atoms with van der Waals surface area (Å²) in [6.45, 7) is 2.44. The Morgan fingerprint density at radius 3 is 2.74 bits per heavy atom. The largest absolute Gasteiger partial charge is 0.375 e. The van der Waals surface area contributed by atoms with Gasteiger partial charge in [0, 0.05) is 11.0 Å². The van der Waals surface area contributed by atoms with Crippen molar-refractivity contribution in [3.8, 4) is 0 Å². The molecule has 0 aromatic heterocycles. The van der Waals surface area contributed by atoms with Crippen LogP contribution in [0.25, 0.3) is 0 Å². The number of anilines is 1. The predicted molar refractivity (Wildman–Crippen MR) is 79.5 cm³/mol. The van der Waals surface area contributed by atoms with E-state index in [1.807, 2.05) is 6.92 Å². The van der Waals surface area contributed by atoms with Crippen molar-refractivity contribution in [1.82, 2.24) is 10.6 Å². The lowest BCUT2D eigenvalue weighted by Crippen LogP contribution is -2.42. The Morgan fingerprint density at radius 1 is 1.37 bits per heavy atom. The molecule has 1 rings (SSSR count). The minimum atomic E-state index is -0.490. The highest BCUT2D eigenvalue weighted by Gasteiger charge is 2.07. The molecule has 0 fully saturated rings. The van der Waals surface area contributed by atoms with E-state index in [1.165, 1.54) is 0 Å². The number of rotatable bonds is 5. The van der Waals surface area contributed by atoms with Crippen LogP contribution in [0.4, 0.5) is 10.5 Å². The maximum absolute atomic E-state index is 11.5. The molecule has 19 heavy (non-hydrogen) atoms. The zero-order valence-electron chi connectivity index (χ0n) is 10.4. The molecule has 0 heterocycles. The number of amides is 3. The van der Waals surface area contributed by atoms with Crippen LogP contribution in [0.2, 0.25) is 5.02 Å². The van der Waals surface area contributed by atoms with E-state index in [-0.39, 0.29) is 6.54 Å². The molecule has 0 bridgehead atoms. The number of nitrogens with one attached hydrogen (secondary N) is 3. The Morgan fingerprint density at radius 2 is 2.11 bits per heavy atom. The molecule has 0 unspecified atom stereocenters. The van der Waals surface area contributed by atoms with E-state index in [0.29, 0.717) is 17.3 Å². The van der Waals surface area contributed by atoms with Gasteiger partial charge in [-0.2, -0.15) is 0 Å². The molecule has 3 N–H and O–H groups in total. The molecule has 0 atom stereocenters. The minimum Gasteiger partial charge on any atom is -0.375 e. The highest BCUT2D eigenvalue weighted by atomic mass is 79.9. The zero-order chi connectivity index (χ0) is 14.3. The van der Waals surface area contributed by atoms with Crippen LogP contribution in [-0.2, 0) is 4.79 Å². The van der Waals surface area contributed by atoms with Crippen LogP contribution in [0.15, 0.2) is 22.7 Å². The fourth-order valence-corrected chi connectivity index (χ4v) is 2.00. The van der Waals surface area contributed by atoms with Crippen molar-refractivity contribution in [1.29, 1.82) is 0 Å². The van der Waals surface area contributed by atoms with Crippen molar-refractivity contribution in [3.05, 3.63) is 27.7 Å². The monoisotopic (exact) mass is 347 g/mol.